The molecule has 2 heterocycles. The number of hydrogen-bond acceptors (Lipinski definition) is 7. The van der Waals surface area contributed by atoms with Crippen LogP contribution in [0.4, 0.5) is 23.1 Å². The van der Waals surface area contributed by atoms with Gasteiger partial charge >= 0.3 is 0 Å². The Morgan fingerprint density at radius 2 is 1.82 bits per heavy atom. The molecule has 4 rings (SSSR count). The molecule has 34 heavy (non-hydrogen) atoms. The summed E-state index contributed by atoms with van der Waals surface area (Å²) in [7, 11) is -3.49. The number of anilines is 4. The fraction of sp³-hybridized carbons (Fsp3) is 0.360. The number of halogens is 1. The van der Waals surface area contributed by atoms with Crippen LogP contribution >= 0.6 is 11.6 Å². The van der Waals surface area contributed by atoms with E-state index in [0.29, 0.717) is 28.4 Å². The largest absolute Gasteiger partial charge is 0.338 e. The summed E-state index contributed by atoms with van der Waals surface area (Å²) < 4.78 is 25.6. The molecule has 0 saturated carbocycles. The number of aromatic nitrogens is 2. The van der Waals surface area contributed by atoms with Crippen LogP contribution in [0.2, 0.25) is 5.02 Å². The minimum absolute atomic E-state index is 0.207. The maximum Gasteiger partial charge on any atom is 0.229 e. The van der Waals surface area contributed by atoms with E-state index in [0.717, 1.165) is 31.6 Å². The van der Waals surface area contributed by atoms with Gasteiger partial charge in [0.2, 0.25) is 5.95 Å². The van der Waals surface area contributed by atoms with E-state index in [1.165, 1.54) is 17.3 Å². The highest BCUT2D eigenvalue weighted by atomic mass is 35.5. The molecule has 0 radical (unpaired) electrons. The Morgan fingerprint density at radius 3 is 2.53 bits per heavy atom. The molecule has 0 unspecified atom stereocenters. The van der Waals surface area contributed by atoms with E-state index >= 15 is 0 Å². The minimum Gasteiger partial charge on any atom is -0.338 e. The van der Waals surface area contributed by atoms with Crippen LogP contribution in [0.3, 0.4) is 0 Å². The van der Waals surface area contributed by atoms with Gasteiger partial charge in [-0.2, -0.15) is 4.98 Å². The van der Waals surface area contributed by atoms with Crippen molar-refractivity contribution in [2.24, 2.45) is 0 Å². The van der Waals surface area contributed by atoms with Crippen LogP contribution in [0.25, 0.3) is 0 Å². The van der Waals surface area contributed by atoms with Gasteiger partial charge in [-0.1, -0.05) is 29.8 Å². The van der Waals surface area contributed by atoms with Crippen LogP contribution < -0.4 is 16.0 Å². The number of para-hydroxylation sites is 1. The SMILES string of the molecule is Cc1cc(Nc2ncc(Cl)c(Nc3ccccc3S(=O)(=O)C(C)C)n2)ccc1C1CCNCC1. The molecule has 0 bridgehead atoms. The zero-order chi connectivity index (χ0) is 24.3. The van der Waals surface area contributed by atoms with Gasteiger partial charge < -0.3 is 16.0 Å². The Balaban J connectivity index is 1.57. The predicted octanol–water partition coefficient (Wildman–Crippen LogP) is 5.57. The van der Waals surface area contributed by atoms with Gasteiger partial charge in [-0.15, -0.1) is 0 Å². The number of piperidine rings is 1. The zero-order valence-corrected chi connectivity index (χ0v) is 21.2. The number of nitrogens with zero attached hydrogens (tertiary/aromatic N) is 2. The summed E-state index contributed by atoms with van der Waals surface area (Å²) in [5, 5.41) is 9.48. The lowest BCUT2D eigenvalue weighted by Crippen LogP contribution is -2.26. The zero-order valence-electron chi connectivity index (χ0n) is 19.6. The lowest BCUT2D eigenvalue weighted by molar-refractivity contribution is 0.459. The van der Waals surface area contributed by atoms with Crippen molar-refractivity contribution in [1.29, 1.82) is 0 Å². The lowest BCUT2D eigenvalue weighted by atomic mass is 9.87. The Hall–Kier alpha value is -2.68. The molecule has 0 atom stereocenters. The van der Waals surface area contributed by atoms with E-state index in [-0.39, 0.29) is 4.90 Å². The first-order valence-electron chi connectivity index (χ1n) is 11.5. The van der Waals surface area contributed by atoms with Crippen molar-refractivity contribution in [2.75, 3.05) is 23.7 Å². The quantitative estimate of drug-likeness (QED) is 0.390. The van der Waals surface area contributed by atoms with Gasteiger partial charge in [0.1, 0.15) is 5.02 Å². The smallest absolute Gasteiger partial charge is 0.229 e. The third-order valence-corrected chi connectivity index (χ3v) is 8.60. The van der Waals surface area contributed by atoms with Crippen molar-refractivity contribution in [2.45, 2.75) is 49.7 Å². The number of nitrogens with one attached hydrogen (secondary N) is 3. The maximum atomic E-state index is 12.8. The first-order chi connectivity index (χ1) is 16.3. The van der Waals surface area contributed by atoms with Crippen molar-refractivity contribution >= 4 is 44.6 Å². The molecule has 0 aliphatic carbocycles. The van der Waals surface area contributed by atoms with Gasteiger partial charge in [0.25, 0.3) is 0 Å². The molecular formula is C25H30ClN5O2S. The summed E-state index contributed by atoms with van der Waals surface area (Å²) in [4.78, 5) is 9.01. The van der Waals surface area contributed by atoms with Crippen molar-refractivity contribution < 1.29 is 8.42 Å². The Morgan fingerprint density at radius 1 is 1.09 bits per heavy atom. The third-order valence-electron chi connectivity index (χ3n) is 6.12. The van der Waals surface area contributed by atoms with Gasteiger partial charge in [-0.05, 0) is 88.0 Å². The highest BCUT2D eigenvalue weighted by molar-refractivity contribution is 7.92. The topological polar surface area (TPSA) is 96.0 Å². The number of benzene rings is 2. The molecule has 0 spiro atoms. The average molecular weight is 500 g/mol. The average Bonchev–Trinajstić information content (AvgIpc) is 2.82. The van der Waals surface area contributed by atoms with Gasteiger partial charge in [-0.25, -0.2) is 13.4 Å². The molecule has 3 aromatic rings. The molecular weight excluding hydrogens is 470 g/mol. The minimum atomic E-state index is -3.49. The molecule has 1 saturated heterocycles. The van der Waals surface area contributed by atoms with E-state index < -0.39 is 15.1 Å². The monoisotopic (exact) mass is 499 g/mol. The van der Waals surface area contributed by atoms with Gasteiger partial charge in [0, 0.05) is 5.69 Å². The summed E-state index contributed by atoms with van der Waals surface area (Å²) in [6, 6.07) is 13.1. The fourth-order valence-electron chi connectivity index (χ4n) is 4.19. The second kappa shape index (κ2) is 10.3. The van der Waals surface area contributed by atoms with Gasteiger partial charge in [0.15, 0.2) is 15.7 Å². The van der Waals surface area contributed by atoms with E-state index in [2.05, 4.69) is 45.0 Å². The summed E-state index contributed by atoms with van der Waals surface area (Å²) in [5.74, 6) is 1.28. The highest BCUT2D eigenvalue weighted by Gasteiger charge is 2.23. The highest BCUT2D eigenvalue weighted by Crippen LogP contribution is 2.32. The van der Waals surface area contributed by atoms with Crippen LogP contribution in [0.1, 0.15) is 43.7 Å². The Bertz CT molecular complexity index is 1270. The Kier molecular flexibility index (Phi) is 7.40. The number of rotatable bonds is 7. The molecule has 7 nitrogen and oxygen atoms in total. The number of aryl methyl sites for hydroxylation is 1. The molecule has 1 aromatic heterocycles. The van der Waals surface area contributed by atoms with Gasteiger partial charge in [-0.3, -0.25) is 0 Å². The van der Waals surface area contributed by atoms with Crippen LogP contribution in [0.5, 0.6) is 0 Å². The third kappa shape index (κ3) is 5.35. The van der Waals surface area contributed by atoms with Crippen LogP contribution in [-0.2, 0) is 9.84 Å². The lowest BCUT2D eigenvalue weighted by Gasteiger charge is -2.24. The van der Waals surface area contributed by atoms with E-state index in [1.54, 1.807) is 38.1 Å². The molecule has 2 aromatic carbocycles. The van der Waals surface area contributed by atoms with E-state index in [4.69, 9.17) is 11.6 Å². The van der Waals surface area contributed by atoms with Crippen molar-refractivity contribution in [1.82, 2.24) is 15.3 Å². The molecule has 180 valence electrons. The molecule has 0 amide bonds. The first kappa shape index (κ1) is 24.4. The number of hydrogen-bond donors (Lipinski definition) is 3. The second-order valence-corrected chi connectivity index (χ2v) is 11.7. The number of sulfone groups is 1. The van der Waals surface area contributed by atoms with Crippen molar-refractivity contribution in [3.05, 3.63) is 64.8 Å². The fourth-order valence-corrected chi connectivity index (χ4v) is 5.53. The summed E-state index contributed by atoms with van der Waals surface area (Å²) in [5.41, 5.74) is 3.92. The molecule has 1 fully saturated rings. The van der Waals surface area contributed by atoms with Crippen LogP contribution in [-0.4, -0.2) is 36.7 Å². The van der Waals surface area contributed by atoms with Gasteiger partial charge in [0.05, 0.1) is 22.0 Å². The summed E-state index contributed by atoms with van der Waals surface area (Å²) >= 11 is 6.34. The van der Waals surface area contributed by atoms with E-state index in [9.17, 15) is 8.42 Å². The molecule has 3 N–H and O–H groups in total. The Labute approximate surface area is 206 Å². The van der Waals surface area contributed by atoms with Crippen LogP contribution in [0, 0.1) is 6.92 Å². The van der Waals surface area contributed by atoms with Crippen molar-refractivity contribution in [3.63, 3.8) is 0 Å². The van der Waals surface area contributed by atoms with Crippen LogP contribution in [0.15, 0.2) is 53.6 Å². The predicted molar refractivity (Wildman–Crippen MR) is 138 cm³/mol. The summed E-state index contributed by atoms with van der Waals surface area (Å²) in [6.07, 6.45) is 3.79. The normalized spacial score (nSPS) is 14.9. The molecule has 9 heteroatoms. The van der Waals surface area contributed by atoms with E-state index in [1.807, 2.05) is 6.07 Å². The second-order valence-electron chi connectivity index (χ2n) is 8.83. The molecule has 1 aliphatic rings. The first-order valence-corrected chi connectivity index (χ1v) is 13.4. The maximum absolute atomic E-state index is 12.8. The standard InChI is InChI=1S/C25H30ClN5O2S/c1-16(2)34(32,33)23-7-5-4-6-22(23)30-24-21(26)15-28-25(31-24)29-19-8-9-20(17(3)14-19)18-10-12-27-13-11-18/h4-9,14-16,18,27H,10-13H2,1-3H3,(H2,28,29,30,31). The van der Waals surface area contributed by atoms with Crippen molar-refractivity contribution in [3.8, 4) is 0 Å². The summed E-state index contributed by atoms with van der Waals surface area (Å²) in [6.45, 7) is 7.55. The molecule has 1 aliphatic heterocycles.